The van der Waals surface area contributed by atoms with Crippen molar-refractivity contribution < 1.29 is 13.9 Å². The van der Waals surface area contributed by atoms with Crippen molar-refractivity contribution in [3.8, 4) is 11.3 Å². The molecule has 2 aromatic carbocycles. The van der Waals surface area contributed by atoms with Gasteiger partial charge in [0.25, 0.3) is 5.91 Å². The predicted octanol–water partition coefficient (Wildman–Crippen LogP) is 5.75. The van der Waals surface area contributed by atoms with Crippen LogP contribution in [0.3, 0.4) is 0 Å². The van der Waals surface area contributed by atoms with Crippen molar-refractivity contribution >= 4 is 22.8 Å². The zero-order valence-corrected chi connectivity index (χ0v) is 24.4. The summed E-state index contributed by atoms with van der Waals surface area (Å²) in [7, 11) is 0. The van der Waals surface area contributed by atoms with Crippen molar-refractivity contribution in [3.05, 3.63) is 102 Å². The van der Waals surface area contributed by atoms with E-state index in [9.17, 15) is 9.18 Å². The first-order chi connectivity index (χ1) is 20.1. The minimum atomic E-state index is -0.347. The molecule has 0 spiro atoms. The highest BCUT2D eigenvalue weighted by atomic mass is 32.2. The smallest absolute Gasteiger partial charge is 0.261 e. The van der Waals surface area contributed by atoms with E-state index in [2.05, 4.69) is 51.5 Å². The molecule has 1 aromatic heterocycles. The van der Waals surface area contributed by atoms with Gasteiger partial charge in [-0.15, -0.1) is 0 Å². The lowest BCUT2D eigenvalue weighted by Crippen LogP contribution is -2.39. The van der Waals surface area contributed by atoms with Gasteiger partial charge in [-0.1, -0.05) is 80.2 Å². The van der Waals surface area contributed by atoms with Gasteiger partial charge in [0, 0.05) is 30.1 Å². The van der Waals surface area contributed by atoms with Crippen LogP contribution in [0.4, 0.5) is 4.39 Å². The highest BCUT2D eigenvalue weighted by Gasteiger charge is 2.34. The second-order valence-electron chi connectivity index (χ2n) is 9.94. The molecule has 0 saturated carbocycles. The third-order valence-electron chi connectivity index (χ3n) is 7.35. The molecule has 5 rings (SSSR count). The fraction of sp³-hybridized carbons (Fsp3) is 0.344. The van der Waals surface area contributed by atoms with E-state index >= 15 is 0 Å². The third kappa shape index (κ3) is 7.22. The second-order valence-corrected chi connectivity index (χ2v) is 10.9. The summed E-state index contributed by atoms with van der Waals surface area (Å²) in [6.07, 6.45) is 5.77. The van der Waals surface area contributed by atoms with E-state index in [1.807, 2.05) is 36.4 Å². The molecule has 1 aliphatic heterocycles. The SMILES string of the molecule is CCN(CC)CCn1nc(-c2ccccc2)cc1COCCN1C2=CC=CC2C(=O)N=C1SCc1ccc(F)cc1. The van der Waals surface area contributed by atoms with Crippen LogP contribution < -0.4 is 0 Å². The van der Waals surface area contributed by atoms with Gasteiger partial charge in [0.1, 0.15) is 5.82 Å². The number of allylic oxidation sites excluding steroid dienone is 2. The molecule has 0 fully saturated rings. The van der Waals surface area contributed by atoms with Crippen LogP contribution in [-0.2, 0) is 28.4 Å². The van der Waals surface area contributed by atoms with Gasteiger partial charge in [-0.25, -0.2) is 4.39 Å². The maximum Gasteiger partial charge on any atom is 0.261 e. The number of halogens is 1. The number of hydrogen-bond donors (Lipinski definition) is 0. The van der Waals surface area contributed by atoms with Crippen molar-refractivity contribution in [2.45, 2.75) is 32.8 Å². The zero-order valence-electron chi connectivity index (χ0n) is 23.6. The Morgan fingerprint density at radius 1 is 1.05 bits per heavy atom. The van der Waals surface area contributed by atoms with Crippen molar-refractivity contribution in [1.82, 2.24) is 19.6 Å². The number of ether oxygens (including phenoxy) is 1. The number of amides is 1. The number of fused-ring (bicyclic) bond motifs is 1. The fourth-order valence-electron chi connectivity index (χ4n) is 4.96. The molecule has 0 radical (unpaired) electrons. The zero-order chi connectivity index (χ0) is 28.6. The van der Waals surface area contributed by atoms with E-state index < -0.39 is 0 Å². The summed E-state index contributed by atoms with van der Waals surface area (Å²) in [6.45, 7) is 9.52. The summed E-state index contributed by atoms with van der Waals surface area (Å²) in [6, 6.07) is 18.7. The minimum absolute atomic E-state index is 0.158. The Hall–Kier alpha value is -3.53. The van der Waals surface area contributed by atoms with Crippen LogP contribution in [0, 0.1) is 11.7 Å². The Morgan fingerprint density at radius 2 is 1.83 bits per heavy atom. The Morgan fingerprint density at radius 3 is 2.59 bits per heavy atom. The van der Waals surface area contributed by atoms with Crippen LogP contribution in [0.5, 0.6) is 0 Å². The number of carbonyl (C=O) groups is 1. The van der Waals surface area contributed by atoms with E-state index in [1.165, 1.54) is 23.9 Å². The quantitative estimate of drug-likeness (QED) is 0.243. The lowest BCUT2D eigenvalue weighted by atomic mass is 10.1. The van der Waals surface area contributed by atoms with Crippen molar-refractivity contribution in [2.75, 3.05) is 32.8 Å². The summed E-state index contributed by atoms with van der Waals surface area (Å²) in [5, 5.41) is 5.55. The molecular formula is C32H36FN5O2S. The van der Waals surface area contributed by atoms with E-state index in [0.717, 1.165) is 54.4 Å². The molecule has 0 saturated heterocycles. The summed E-state index contributed by atoms with van der Waals surface area (Å²) >= 11 is 1.48. The first kappa shape index (κ1) is 29.0. The minimum Gasteiger partial charge on any atom is -0.373 e. The molecule has 214 valence electrons. The predicted molar refractivity (Wildman–Crippen MR) is 163 cm³/mol. The van der Waals surface area contributed by atoms with Crippen molar-refractivity contribution in [2.24, 2.45) is 10.9 Å². The van der Waals surface area contributed by atoms with Gasteiger partial charge in [-0.2, -0.15) is 10.1 Å². The first-order valence-corrected chi connectivity index (χ1v) is 15.1. The summed E-state index contributed by atoms with van der Waals surface area (Å²) < 4.78 is 21.6. The van der Waals surface area contributed by atoms with Gasteiger partial charge in [-0.05, 0) is 42.9 Å². The fourth-order valence-corrected chi connectivity index (χ4v) is 5.95. The number of aromatic nitrogens is 2. The molecule has 1 atom stereocenters. The van der Waals surface area contributed by atoms with Crippen LogP contribution in [0.2, 0.25) is 0 Å². The van der Waals surface area contributed by atoms with Crippen LogP contribution >= 0.6 is 11.8 Å². The Balaban J connectivity index is 1.25. The Labute approximate surface area is 245 Å². The van der Waals surface area contributed by atoms with Crippen LogP contribution in [0.1, 0.15) is 25.1 Å². The molecule has 1 amide bonds. The van der Waals surface area contributed by atoms with Gasteiger partial charge < -0.3 is 14.5 Å². The van der Waals surface area contributed by atoms with Gasteiger partial charge >= 0.3 is 0 Å². The topological polar surface area (TPSA) is 63.0 Å². The lowest BCUT2D eigenvalue weighted by Gasteiger charge is -2.32. The normalized spacial score (nSPS) is 16.3. The molecule has 3 aromatic rings. The first-order valence-electron chi connectivity index (χ1n) is 14.1. The third-order valence-corrected chi connectivity index (χ3v) is 8.40. The number of amidine groups is 1. The van der Waals surface area contributed by atoms with Crippen LogP contribution in [0.25, 0.3) is 11.3 Å². The summed E-state index contributed by atoms with van der Waals surface area (Å²) in [4.78, 5) is 21.6. The number of rotatable bonds is 13. The number of aliphatic imine (C=N–C) groups is 1. The lowest BCUT2D eigenvalue weighted by molar-refractivity contribution is -0.120. The molecule has 1 unspecified atom stereocenters. The molecule has 1 aliphatic carbocycles. The highest BCUT2D eigenvalue weighted by Crippen LogP contribution is 2.32. The maximum atomic E-state index is 13.3. The van der Waals surface area contributed by atoms with Crippen molar-refractivity contribution in [3.63, 3.8) is 0 Å². The maximum absolute atomic E-state index is 13.3. The molecule has 2 aliphatic rings. The van der Waals surface area contributed by atoms with E-state index in [-0.39, 0.29) is 17.6 Å². The number of thioether (sulfide) groups is 1. The van der Waals surface area contributed by atoms with Gasteiger partial charge in [-0.3, -0.25) is 9.48 Å². The highest BCUT2D eigenvalue weighted by molar-refractivity contribution is 8.13. The van der Waals surface area contributed by atoms with E-state index in [4.69, 9.17) is 9.84 Å². The molecule has 0 N–H and O–H groups in total. The molecule has 41 heavy (non-hydrogen) atoms. The summed E-state index contributed by atoms with van der Waals surface area (Å²) in [5.74, 6) is -0.184. The molecule has 9 heteroatoms. The van der Waals surface area contributed by atoms with Crippen LogP contribution in [0.15, 0.2) is 89.6 Å². The second kappa shape index (κ2) is 13.9. The Kier molecular flexibility index (Phi) is 9.82. The van der Waals surface area contributed by atoms with E-state index in [1.54, 1.807) is 12.1 Å². The number of benzene rings is 2. The number of likely N-dealkylation sites (N-methyl/N-ethyl adjacent to an activating group) is 1. The number of carbonyl (C=O) groups excluding carboxylic acids is 1. The molecule has 7 nitrogen and oxygen atoms in total. The Bertz CT molecular complexity index is 1410. The van der Waals surface area contributed by atoms with E-state index in [0.29, 0.717) is 30.7 Å². The number of hydrogen-bond acceptors (Lipinski definition) is 6. The monoisotopic (exact) mass is 573 g/mol. The van der Waals surface area contributed by atoms with Crippen LogP contribution in [-0.4, -0.2) is 63.4 Å². The van der Waals surface area contributed by atoms with Crippen molar-refractivity contribution in [1.29, 1.82) is 0 Å². The van der Waals surface area contributed by atoms with Gasteiger partial charge in [0.05, 0.1) is 37.1 Å². The average molecular weight is 574 g/mol. The standard InChI is InChI=1S/C32H36FN5O2S/c1-3-36(4-2)17-18-38-27(21-29(35-38)25-9-6-5-7-10-25)22-40-20-19-37-30-12-8-11-28(30)31(39)34-32(37)41-23-24-13-15-26(33)16-14-24/h5-16,21,28H,3-4,17-20,22-23H2,1-2H3. The van der Waals surface area contributed by atoms with Gasteiger partial charge in [0.2, 0.25) is 0 Å². The average Bonchev–Trinajstić information content (AvgIpc) is 3.65. The summed E-state index contributed by atoms with van der Waals surface area (Å²) in [5.41, 5.74) is 4.94. The molecule has 2 heterocycles. The molecule has 0 bridgehead atoms. The van der Waals surface area contributed by atoms with Gasteiger partial charge in [0.15, 0.2) is 5.17 Å². The molecular weight excluding hydrogens is 537 g/mol. The number of nitrogens with zero attached hydrogens (tertiary/aromatic N) is 5. The largest absolute Gasteiger partial charge is 0.373 e.